The Labute approximate surface area is 215 Å². The summed E-state index contributed by atoms with van der Waals surface area (Å²) in [5.41, 5.74) is 5.66. The van der Waals surface area contributed by atoms with Crippen LogP contribution in [0.3, 0.4) is 0 Å². The van der Waals surface area contributed by atoms with Crippen LogP contribution in [-0.2, 0) is 20.7 Å². The van der Waals surface area contributed by atoms with E-state index < -0.39 is 0 Å². The molecule has 3 aliphatic rings. The van der Waals surface area contributed by atoms with Crippen LogP contribution in [0.15, 0.2) is 22.7 Å². The molecule has 5 heteroatoms. The molecule has 5 nitrogen and oxygen atoms in total. The summed E-state index contributed by atoms with van der Waals surface area (Å²) in [7, 11) is 1.44. The normalized spacial score (nSPS) is 27.8. The van der Waals surface area contributed by atoms with Crippen molar-refractivity contribution in [3.8, 4) is 0 Å². The number of hydrogen-bond acceptors (Lipinski definition) is 5. The molecule has 0 saturated heterocycles. The molecule has 0 bridgehead atoms. The third-order valence-electron chi connectivity index (χ3n) is 8.91. The number of ketones is 1. The van der Waals surface area contributed by atoms with E-state index in [2.05, 4.69) is 51.1 Å². The number of Topliss-reactive ketones (excluding diaryl/α,β-unsaturated/α-hetero) is 1. The van der Waals surface area contributed by atoms with Crippen molar-refractivity contribution in [3.63, 3.8) is 0 Å². The second kappa shape index (κ2) is 10.1. The monoisotopic (exact) mass is 491 g/mol. The number of hydrogen-bond donors (Lipinski definition) is 0. The first kappa shape index (κ1) is 25.2. The van der Waals surface area contributed by atoms with E-state index in [1.54, 1.807) is 0 Å². The van der Waals surface area contributed by atoms with E-state index in [9.17, 15) is 9.59 Å². The van der Waals surface area contributed by atoms with E-state index in [1.807, 2.05) is 0 Å². The van der Waals surface area contributed by atoms with Crippen LogP contribution in [0.2, 0.25) is 0 Å². The summed E-state index contributed by atoms with van der Waals surface area (Å²) in [4.78, 5) is 26.3. The Hall–Kier alpha value is -2.43. The summed E-state index contributed by atoms with van der Waals surface area (Å²) in [6.07, 6.45) is 7.50. The number of benzene rings is 1. The van der Waals surface area contributed by atoms with E-state index >= 15 is 0 Å². The Morgan fingerprint density at radius 1 is 1.08 bits per heavy atom. The molecule has 1 aromatic carbocycles. The first-order chi connectivity index (χ1) is 17.2. The Balaban J connectivity index is 1.41. The highest BCUT2D eigenvalue weighted by atomic mass is 16.5. The largest absolute Gasteiger partial charge is 0.469 e. The van der Waals surface area contributed by atoms with Gasteiger partial charge in [-0.2, -0.15) is 0 Å². The Morgan fingerprint density at radius 3 is 2.47 bits per heavy atom. The maximum atomic E-state index is 13.7. The molecule has 5 rings (SSSR count). The summed E-state index contributed by atoms with van der Waals surface area (Å²) in [6.45, 7) is 8.73. The van der Waals surface area contributed by atoms with Crippen molar-refractivity contribution in [2.24, 2.45) is 23.7 Å². The molecule has 0 amide bonds. The molecule has 3 saturated carbocycles. The van der Waals surface area contributed by atoms with Crippen LogP contribution in [0.25, 0.3) is 0 Å². The summed E-state index contributed by atoms with van der Waals surface area (Å²) in [5.74, 6) is 2.94. The maximum Gasteiger partial charge on any atom is 0.308 e. The predicted octanol–water partition coefficient (Wildman–Crippen LogP) is 6.80. The van der Waals surface area contributed by atoms with Crippen molar-refractivity contribution >= 4 is 11.8 Å². The molecule has 0 unspecified atom stereocenters. The van der Waals surface area contributed by atoms with Gasteiger partial charge in [-0.05, 0) is 87.7 Å². The lowest BCUT2D eigenvalue weighted by Gasteiger charge is -2.35. The van der Waals surface area contributed by atoms with Gasteiger partial charge in [-0.3, -0.25) is 9.59 Å². The van der Waals surface area contributed by atoms with Crippen LogP contribution < -0.4 is 0 Å². The molecule has 3 atom stereocenters. The number of carbonyl (C=O) groups excluding carboxylic acids is 2. The topological polar surface area (TPSA) is 69.4 Å². The second-order valence-corrected chi connectivity index (χ2v) is 12.3. The smallest absolute Gasteiger partial charge is 0.308 e. The standard InChI is InChI=1S/C31H41NO4/c1-17(2)10-20-12-23(13-20)30-28(21-8-9-21)29(32-36-30)26-15-24(31(34)35-5)14-25(26)27(33)16-22-7-6-18(3)11-19(22)4/h6-7,11,17,20-21,23-26H,8-10,12-16H2,1-5H3/t20?,23?,24-,25+,26+/m1/s1. The van der Waals surface area contributed by atoms with E-state index in [1.165, 1.54) is 37.5 Å². The molecule has 3 aliphatic carbocycles. The van der Waals surface area contributed by atoms with Gasteiger partial charge in [0.25, 0.3) is 0 Å². The van der Waals surface area contributed by atoms with Crippen molar-refractivity contribution in [2.45, 2.75) is 96.8 Å². The summed E-state index contributed by atoms with van der Waals surface area (Å²) >= 11 is 0. The second-order valence-electron chi connectivity index (χ2n) is 12.3. The first-order valence-corrected chi connectivity index (χ1v) is 13.9. The lowest BCUT2D eigenvalue weighted by atomic mass is 9.69. The molecular formula is C31H41NO4. The minimum atomic E-state index is -0.264. The maximum absolute atomic E-state index is 13.7. The van der Waals surface area contributed by atoms with Gasteiger partial charge in [0.1, 0.15) is 11.5 Å². The molecule has 194 valence electrons. The van der Waals surface area contributed by atoms with Gasteiger partial charge in [-0.15, -0.1) is 0 Å². The minimum Gasteiger partial charge on any atom is -0.469 e. The summed E-state index contributed by atoms with van der Waals surface area (Å²) in [6, 6.07) is 6.27. The van der Waals surface area contributed by atoms with E-state index in [4.69, 9.17) is 9.26 Å². The number of ether oxygens (including phenoxy) is 1. The molecule has 36 heavy (non-hydrogen) atoms. The third-order valence-corrected chi connectivity index (χ3v) is 8.91. The van der Waals surface area contributed by atoms with Gasteiger partial charge in [0.15, 0.2) is 0 Å². The van der Waals surface area contributed by atoms with Crippen LogP contribution in [-0.4, -0.2) is 24.0 Å². The Morgan fingerprint density at radius 2 is 1.83 bits per heavy atom. The third kappa shape index (κ3) is 5.03. The fraction of sp³-hybridized carbons (Fsp3) is 0.645. The molecule has 1 heterocycles. The lowest BCUT2D eigenvalue weighted by molar-refractivity contribution is -0.145. The number of aryl methyl sites for hydroxylation is 2. The highest BCUT2D eigenvalue weighted by Crippen LogP contribution is 2.55. The fourth-order valence-corrected chi connectivity index (χ4v) is 6.89. The molecule has 2 aromatic rings. The highest BCUT2D eigenvalue weighted by Gasteiger charge is 2.48. The molecule has 0 spiro atoms. The summed E-state index contributed by atoms with van der Waals surface area (Å²) in [5, 5.41) is 4.66. The number of nitrogens with zero attached hydrogens (tertiary/aromatic N) is 1. The average Bonchev–Trinajstić information content (AvgIpc) is 3.40. The van der Waals surface area contributed by atoms with E-state index in [-0.39, 0.29) is 29.5 Å². The van der Waals surface area contributed by atoms with E-state index in [0.717, 1.165) is 47.3 Å². The molecule has 1 aromatic heterocycles. The van der Waals surface area contributed by atoms with Crippen molar-refractivity contribution in [1.82, 2.24) is 5.16 Å². The van der Waals surface area contributed by atoms with Crippen molar-refractivity contribution in [2.75, 3.05) is 7.11 Å². The number of aromatic nitrogens is 1. The molecule has 0 N–H and O–H groups in total. The van der Waals surface area contributed by atoms with E-state index in [0.29, 0.717) is 31.1 Å². The zero-order valence-corrected chi connectivity index (χ0v) is 22.5. The molecular weight excluding hydrogens is 450 g/mol. The minimum absolute atomic E-state index is 0.0769. The zero-order chi connectivity index (χ0) is 25.6. The van der Waals surface area contributed by atoms with Crippen LogP contribution in [0.1, 0.15) is 110 Å². The van der Waals surface area contributed by atoms with Gasteiger partial charge in [-0.1, -0.05) is 42.8 Å². The number of carbonyl (C=O) groups is 2. The predicted molar refractivity (Wildman–Crippen MR) is 139 cm³/mol. The fourth-order valence-electron chi connectivity index (χ4n) is 6.89. The number of esters is 1. The Bertz CT molecular complexity index is 1120. The van der Waals surface area contributed by atoms with Gasteiger partial charge in [0.05, 0.1) is 18.7 Å². The van der Waals surface area contributed by atoms with Gasteiger partial charge in [-0.25, -0.2) is 0 Å². The van der Waals surface area contributed by atoms with Crippen LogP contribution in [0, 0.1) is 37.5 Å². The highest BCUT2D eigenvalue weighted by molar-refractivity contribution is 5.86. The van der Waals surface area contributed by atoms with Gasteiger partial charge < -0.3 is 9.26 Å². The number of methoxy groups -OCH3 is 1. The average molecular weight is 492 g/mol. The molecule has 3 fully saturated rings. The van der Waals surface area contributed by atoms with Crippen LogP contribution >= 0.6 is 0 Å². The van der Waals surface area contributed by atoms with Crippen molar-refractivity contribution in [1.29, 1.82) is 0 Å². The molecule has 0 radical (unpaired) electrons. The van der Waals surface area contributed by atoms with Crippen LogP contribution in [0.5, 0.6) is 0 Å². The Kier molecular flexibility index (Phi) is 7.11. The zero-order valence-electron chi connectivity index (χ0n) is 22.5. The quantitative estimate of drug-likeness (QED) is 0.361. The SMILES string of the molecule is COC(=O)[C@@H]1C[C@H](C(=O)Cc2ccc(C)cc2C)[C@@H](c2noc(C3CC(CC(C)C)C3)c2C2CC2)C1. The van der Waals surface area contributed by atoms with Gasteiger partial charge >= 0.3 is 5.97 Å². The van der Waals surface area contributed by atoms with Gasteiger partial charge in [0, 0.05) is 29.7 Å². The lowest BCUT2D eigenvalue weighted by Crippen LogP contribution is -2.24. The molecule has 0 aliphatic heterocycles. The van der Waals surface area contributed by atoms with Gasteiger partial charge in [0.2, 0.25) is 0 Å². The van der Waals surface area contributed by atoms with Crippen molar-refractivity contribution < 1.29 is 18.8 Å². The van der Waals surface area contributed by atoms with Crippen molar-refractivity contribution in [3.05, 3.63) is 51.9 Å². The summed E-state index contributed by atoms with van der Waals surface area (Å²) < 4.78 is 11.2. The number of rotatable bonds is 9. The first-order valence-electron chi connectivity index (χ1n) is 13.9. The van der Waals surface area contributed by atoms with Crippen LogP contribution in [0.4, 0.5) is 0 Å².